The van der Waals surface area contributed by atoms with Crippen molar-refractivity contribution >= 4 is 24.0 Å². The van der Waals surface area contributed by atoms with Crippen LogP contribution in [0.3, 0.4) is 0 Å². The first-order valence-electron chi connectivity index (χ1n) is 8.52. The van der Waals surface area contributed by atoms with Crippen molar-refractivity contribution in [1.29, 1.82) is 5.26 Å². The standard InChI is InChI=1S/C21H19N3O5/c1-23-21(27)24-19(25)18(15-6-4-3-5-7-15)29-20(26)16(13-22)12-14-8-10-17(28-2)11-9-14/h3-12,18H,1-2H3,(H2,23,24,25,27)/b16-12+/t18-/m1/s1. The number of esters is 1. The summed E-state index contributed by atoms with van der Waals surface area (Å²) in [5.41, 5.74) is 0.623. The number of nitriles is 1. The topological polar surface area (TPSA) is 118 Å². The Kier molecular flexibility index (Phi) is 7.51. The molecule has 2 aromatic carbocycles. The number of imide groups is 1. The van der Waals surface area contributed by atoms with Crippen molar-refractivity contribution in [2.75, 3.05) is 14.2 Å². The summed E-state index contributed by atoms with van der Waals surface area (Å²) in [5.74, 6) is -1.21. The van der Waals surface area contributed by atoms with Crippen LogP contribution < -0.4 is 15.4 Å². The molecular formula is C21H19N3O5. The van der Waals surface area contributed by atoms with Crippen LogP contribution in [-0.4, -0.2) is 32.1 Å². The van der Waals surface area contributed by atoms with E-state index in [0.717, 1.165) is 0 Å². The lowest BCUT2D eigenvalue weighted by Crippen LogP contribution is -2.41. The van der Waals surface area contributed by atoms with E-state index in [1.54, 1.807) is 60.7 Å². The number of carbonyl (C=O) groups excluding carboxylic acids is 3. The van der Waals surface area contributed by atoms with Crippen molar-refractivity contribution < 1.29 is 23.9 Å². The largest absolute Gasteiger partial charge is 0.497 e. The van der Waals surface area contributed by atoms with E-state index in [-0.39, 0.29) is 5.57 Å². The molecule has 0 fully saturated rings. The molecule has 0 aliphatic heterocycles. The van der Waals surface area contributed by atoms with Crippen molar-refractivity contribution in [2.24, 2.45) is 0 Å². The van der Waals surface area contributed by atoms with Crippen molar-refractivity contribution in [3.63, 3.8) is 0 Å². The van der Waals surface area contributed by atoms with Crippen LogP contribution in [0.15, 0.2) is 60.2 Å². The van der Waals surface area contributed by atoms with Crippen LogP contribution in [-0.2, 0) is 14.3 Å². The van der Waals surface area contributed by atoms with Gasteiger partial charge in [0.05, 0.1) is 7.11 Å². The highest BCUT2D eigenvalue weighted by Crippen LogP contribution is 2.20. The first kappa shape index (κ1) is 21.2. The van der Waals surface area contributed by atoms with Crippen LogP contribution in [0, 0.1) is 11.3 Å². The quantitative estimate of drug-likeness (QED) is 0.442. The second-order valence-electron chi connectivity index (χ2n) is 5.71. The molecule has 2 N–H and O–H groups in total. The van der Waals surface area contributed by atoms with E-state index in [4.69, 9.17) is 9.47 Å². The van der Waals surface area contributed by atoms with Gasteiger partial charge in [0.1, 0.15) is 17.4 Å². The third-order valence-electron chi connectivity index (χ3n) is 3.80. The zero-order valence-electron chi connectivity index (χ0n) is 15.8. The van der Waals surface area contributed by atoms with E-state index >= 15 is 0 Å². The minimum atomic E-state index is -1.41. The molecule has 2 rings (SSSR count). The minimum absolute atomic E-state index is 0.302. The van der Waals surface area contributed by atoms with Crippen molar-refractivity contribution in [3.8, 4) is 11.8 Å². The number of benzene rings is 2. The lowest BCUT2D eigenvalue weighted by atomic mass is 10.1. The summed E-state index contributed by atoms with van der Waals surface area (Å²) in [7, 11) is 2.87. The van der Waals surface area contributed by atoms with E-state index < -0.39 is 24.0 Å². The van der Waals surface area contributed by atoms with Gasteiger partial charge in [-0.25, -0.2) is 9.59 Å². The molecule has 2 aromatic rings. The summed E-state index contributed by atoms with van der Waals surface area (Å²) < 4.78 is 10.3. The fourth-order valence-electron chi connectivity index (χ4n) is 2.31. The van der Waals surface area contributed by atoms with E-state index in [9.17, 15) is 19.6 Å². The molecule has 0 unspecified atom stereocenters. The molecule has 0 heterocycles. The molecule has 0 aromatic heterocycles. The zero-order valence-corrected chi connectivity index (χ0v) is 15.8. The van der Waals surface area contributed by atoms with Gasteiger partial charge in [-0.15, -0.1) is 0 Å². The highest BCUT2D eigenvalue weighted by molar-refractivity contribution is 6.01. The van der Waals surface area contributed by atoms with Gasteiger partial charge in [0.25, 0.3) is 5.91 Å². The Morgan fingerprint density at radius 3 is 2.28 bits per heavy atom. The lowest BCUT2D eigenvalue weighted by molar-refractivity contribution is -0.152. The molecule has 1 atom stereocenters. The Morgan fingerprint density at radius 2 is 1.72 bits per heavy atom. The number of ether oxygens (including phenoxy) is 2. The van der Waals surface area contributed by atoms with E-state index in [0.29, 0.717) is 16.9 Å². The smallest absolute Gasteiger partial charge is 0.350 e. The summed E-state index contributed by atoms with van der Waals surface area (Å²) >= 11 is 0. The molecule has 148 valence electrons. The van der Waals surface area contributed by atoms with Gasteiger partial charge < -0.3 is 14.8 Å². The number of rotatable bonds is 6. The molecule has 0 radical (unpaired) electrons. The highest BCUT2D eigenvalue weighted by Gasteiger charge is 2.27. The number of nitrogens with one attached hydrogen (secondary N) is 2. The molecule has 0 saturated carbocycles. The Bertz CT molecular complexity index is 947. The molecule has 0 saturated heterocycles. The minimum Gasteiger partial charge on any atom is -0.497 e. The number of hydrogen-bond donors (Lipinski definition) is 2. The normalized spacial score (nSPS) is 11.6. The van der Waals surface area contributed by atoms with Gasteiger partial charge in [-0.3, -0.25) is 10.1 Å². The monoisotopic (exact) mass is 393 g/mol. The molecule has 8 nitrogen and oxygen atoms in total. The predicted molar refractivity (Wildman–Crippen MR) is 104 cm³/mol. The molecule has 29 heavy (non-hydrogen) atoms. The van der Waals surface area contributed by atoms with Crippen LogP contribution in [0.2, 0.25) is 0 Å². The van der Waals surface area contributed by atoms with E-state index in [1.165, 1.54) is 20.2 Å². The van der Waals surface area contributed by atoms with Gasteiger partial charge in [0, 0.05) is 12.6 Å². The molecular weight excluding hydrogens is 374 g/mol. The van der Waals surface area contributed by atoms with Crippen molar-refractivity contribution in [2.45, 2.75) is 6.10 Å². The fourth-order valence-corrected chi connectivity index (χ4v) is 2.31. The van der Waals surface area contributed by atoms with Gasteiger partial charge in [-0.2, -0.15) is 5.26 Å². The highest BCUT2D eigenvalue weighted by atomic mass is 16.5. The summed E-state index contributed by atoms with van der Waals surface area (Å²) in [4.78, 5) is 36.4. The first-order chi connectivity index (χ1) is 14.0. The van der Waals surface area contributed by atoms with Gasteiger partial charge in [0.2, 0.25) is 6.10 Å². The third kappa shape index (κ3) is 5.94. The summed E-state index contributed by atoms with van der Waals surface area (Å²) in [6, 6.07) is 15.9. The van der Waals surface area contributed by atoms with Crippen molar-refractivity contribution in [1.82, 2.24) is 10.6 Å². The van der Waals surface area contributed by atoms with Gasteiger partial charge in [0.15, 0.2) is 0 Å². The molecule has 0 bridgehead atoms. The predicted octanol–water partition coefficient (Wildman–Crippen LogP) is 2.34. The van der Waals surface area contributed by atoms with E-state index in [2.05, 4.69) is 10.6 Å². The van der Waals surface area contributed by atoms with Gasteiger partial charge in [-0.05, 0) is 23.8 Å². The summed E-state index contributed by atoms with van der Waals surface area (Å²) in [6.45, 7) is 0. The number of carbonyl (C=O) groups is 3. The average molecular weight is 393 g/mol. The SMILES string of the molecule is CNC(=O)NC(=O)[C@H](OC(=O)/C(C#N)=C/c1ccc(OC)cc1)c1ccccc1. The number of nitrogens with zero attached hydrogens (tertiary/aromatic N) is 1. The van der Waals surface area contributed by atoms with Crippen LogP contribution in [0.5, 0.6) is 5.75 Å². The Hall–Kier alpha value is -4.12. The second-order valence-corrected chi connectivity index (χ2v) is 5.71. The van der Waals surface area contributed by atoms with Gasteiger partial charge >= 0.3 is 12.0 Å². The van der Waals surface area contributed by atoms with Crippen LogP contribution in [0.4, 0.5) is 4.79 Å². The molecule has 8 heteroatoms. The number of methoxy groups -OCH3 is 1. The Balaban J connectivity index is 2.26. The number of amides is 3. The van der Waals surface area contributed by atoms with Crippen molar-refractivity contribution in [3.05, 3.63) is 71.3 Å². The maximum Gasteiger partial charge on any atom is 0.350 e. The molecule has 0 aliphatic carbocycles. The molecule has 0 spiro atoms. The Morgan fingerprint density at radius 1 is 1.07 bits per heavy atom. The molecule has 3 amide bonds. The van der Waals surface area contributed by atoms with E-state index in [1.807, 2.05) is 0 Å². The number of hydrogen-bond acceptors (Lipinski definition) is 6. The average Bonchev–Trinajstić information content (AvgIpc) is 2.76. The fraction of sp³-hybridized carbons (Fsp3) is 0.143. The lowest BCUT2D eigenvalue weighted by Gasteiger charge is -2.17. The summed E-state index contributed by atoms with van der Waals surface area (Å²) in [5, 5.41) is 13.7. The van der Waals surface area contributed by atoms with Gasteiger partial charge in [-0.1, -0.05) is 42.5 Å². The second kappa shape index (κ2) is 10.3. The first-order valence-corrected chi connectivity index (χ1v) is 8.52. The maximum absolute atomic E-state index is 12.5. The van der Waals surface area contributed by atoms with Crippen LogP contribution in [0.1, 0.15) is 17.2 Å². The third-order valence-corrected chi connectivity index (χ3v) is 3.80. The summed E-state index contributed by atoms with van der Waals surface area (Å²) in [6.07, 6.45) is -0.0749. The Labute approximate surface area is 167 Å². The zero-order chi connectivity index (χ0) is 21.2. The van der Waals surface area contributed by atoms with Crippen LogP contribution in [0.25, 0.3) is 6.08 Å². The maximum atomic E-state index is 12.5. The van der Waals surface area contributed by atoms with Crippen LogP contribution >= 0.6 is 0 Å². The number of urea groups is 1. The molecule has 0 aliphatic rings.